The van der Waals surface area contributed by atoms with Gasteiger partial charge in [0.15, 0.2) is 0 Å². The predicted molar refractivity (Wildman–Crippen MR) is 97.4 cm³/mol. The molecular weight excluding hydrogens is 338 g/mol. The molecule has 3 aromatic rings. The highest BCUT2D eigenvalue weighted by molar-refractivity contribution is 7.12. The van der Waals surface area contributed by atoms with E-state index in [-0.39, 0.29) is 11.8 Å². The Morgan fingerprint density at radius 3 is 2.80 bits per heavy atom. The third kappa shape index (κ3) is 3.72. The van der Waals surface area contributed by atoms with E-state index < -0.39 is 6.04 Å². The van der Waals surface area contributed by atoms with Crippen LogP contribution < -0.4 is 5.32 Å². The van der Waals surface area contributed by atoms with E-state index >= 15 is 0 Å². The Balaban J connectivity index is 1.85. The molecule has 2 amide bonds. The first-order valence-corrected chi connectivity index (χ1v) is 8.69. The Kier molecular flexibility index (Phi) is 5.16. The number of thiophene rings is 1. The second kappa shape index (κ2) is 7.50. The molecule has 0 saturated carbocycles. The molecule has 25 heavy (non-hydrogen) atoms. The number of para-hydroxylation sites is 1. The number of amides is 2. The predicted octanol–water partition coefficient (Wildman–Crippen LogP) is 2.59. The number of hydrogen-bond donors (Lipinski definition) is 2. The highest BCUT2D eigenvalue weighted by Gasteiger charge is 2.26. The van der Waals surface area contributed by atoms with Gasteiger partial charge in [0, 0.05) is 30.6 Å². The van der Waals surface area contributed by atoms with Crippen LogP contribution in [0, 0.1) is 0 Å². The summed E-state index contributed by atoms with van der Waals surface area (Å²) in [7, 11) is 2.95. The van der Waals surface area contributed by atoms with Gasteiger partial charge in [0.2, 0.25) is 0 Å². The fourth-order valence-electron chi connectivity index (χ4n) is 2.67. The first kappa shape index (κ1) is 17.2. The minimum absolute atomic E-state index is 0.266. The fraction of sp³-hybridized carbons (Fsp3) is 0.222. The van der Waals surface area contributed by atoms with Crippen molar-refractivity contribution in [3.8, 4) is 0 Å². The number of hydrogen-bond acceptors (Lipinski definition) is 4. The molecule has 0 radical (unpaired) electrons. The Morgan fingerprint density at radius 1 is 1.28 bits per heavy atom. The van der Waals surface area contributed by atoms with E-state index in [1.807, 2.05) is 35.8 Å². The van der Waals surface area contributed by atoms with Crippen molar-refractivity contribution in [3.63, 3.8) is 0 Å². The van der Waals surface area contributed by atoms with Gasteiger partial charge >= 0.3 is 0 Å². The lowest BCUT2D eigenvalue weighted by atomic mass is 10.0. The van der Waals surface area contributed by atoms with E-state index in [4.69, 9.17) is 4.84 Å². The number of nitrogens with zero attached hydrogens (tertiary/aromatic N) is 1. The molecule has 0 aliphatic heterocycles. The van der Waals surface area contributed by atoms with Gasteiger partial charge in [0.05, 0.1) is 12.0 Å². The lowest BCUT2D eigenvalue weighted by Gasteiger charge is -2.22. The van der Waals surface area contributed by atoms with Crippen molar-refractivity contribution < 1.29 is 14.4 Å². The third-order valence-corrected chi connectivity index (χ3v) is 4.90. The zero-order chi connectivity index (χ0) is 17.8. The maximum Gasteiger partial charge on any atom is 0.268 e. The largest absolute Gasteiger partial charge is 0.361 e. The van der Waals surface area contributed by atoms with Gasteiger partial charge in [-0.15, -0.1) is 11.3 Å². The average Bonchev–Trinajstić information content (AvgIpc) is 3.30. The number of aromatic nitrogens is 1. The highest BCUT2D eigenvalue weighted by atomic mass is 32.1. The zero-order valence-corrected chi connectivity index (χ0v) is 14.8. The summed E-state index contributed by atoms with van der Waals surface area (Å²) in [6.07, 6.45) is 2.24. The van der Waals surface area contributed by atoms with E-state index in [0.29, 0.717) is 11.3 Å². The summed E-state index contributed by atoms with van der Waals surface area (Å²) in [5.41, 5.74) is 1.96. The highest BCUT2D eigenvalue weighted by Crippen LogP contribution is 2.20. The maximum absolute atomic E-state index is 12.6. The molecule has 2 aromatic heterocycles. The van der Waals surface area contributed by atoms with Gasteiger partial charge in [-0.2, -0.15) is 0 Å². The SMILES string of the molecule is CON(C)C(=O)C(Cc1c[nH]c2ccccc12)NC(=O)c1cccs1. The van der Waals surface area contributed by atoms with Crippen molar-refractivity contribution in [1.82, 2.24) is 15.4 Å². The Morgan fingerprint density at radius 2 is 2.08 bits per heavy atom. The molecule has 2 N–H and O–H groups in total. The molecule has 3 rings (SSSR count). The van der Waals surface area contributed by atoms with E-state index in [1.54, 1.807) is 12.1 Å². The van der Waals surface area contributed by atoms with Crippen LogP contribution in [0.1, 0.15) is 15.2 Å². The molecule has 0 aliphatic carbocycles. The van der Waals surface area contributed by atoms with Crippen LogP contribution in [0.5, 0.6) is 0 Å². The molecule has 1 atom stereocenters. The topological polar surface area (TPSA) is 74.4 Å². The maximum atomic E-state index is 12.6. The number of nitrogens with one attached hydrogen (secondary N) is 2. The van der Waals surface area contributed by atoms with Gasteiger partial charge in [0.1, 0.15) is 6.04 Å². The summed E-state index contributed by atoms with van der Waals surface area (Å²) in [4.78, 5) is 33.8. The van der Waals surface area contributed by atoms with Crippen molar-refractivity contribution in [2.45, 2.75) is 12.5 Å². The second-order valence-electron chi connectivity index (χ2n) is 5.59. The average molecular weight is 357 g/mol. The number of carbonyl (C=O) groups is 2. The van der Waals surface area contributed by atoms with Gasteiger partial charge in [-0.3, -0.25) is 14.4 Å². The molecule has 2 heterocycles. The first-order valence-electron chi connectivity index (χ1n) is 7.81. The van der Waals surface area contributed by atoms with Crippen molar-refractivity contribution in [3.05, 3.63) is 58.4 Å². The van der Waals surface area contributed by atoms with Gasteiger partial charge < -0.3 is 10.3 Å². The first-order chi connectivity index (χ1) is 12.1. The molecule has 1 aromatic carbocycles. The summed E-state index contributed by atoms with van der Waals surface area (Å²) in [6.45, 7) is 0. The molecule has 0 saturated heterocycles. The summed E-state index contributed by atoms with van der Waals surface area (Å²) in [5.74, 6) is -0.574. The monoisotopic (exact) mass is 357 g/mol. The molecular formula is C18H19N3O3S. The van der Waals surface area contributed by atoms with E-state index in [9.17, 15) is 9.59 Å². The molecule has 0 bridgehead atoms. The number of hydroxylamine groups is 2. The number of carbonyl (C=O) groups excluding carboxylic acids is 2. The molecule has 6 nitrogen and oxygen atoms in total. The second-order valence-corrected chi connectivity index (χ2v) is 6.53. The van der Waals surface area contributed by atoms with Crippen LogP contribution in [-0.4, -0.2) is 42.1 Å². The summed E-state index contributed by atoms with van der Waals surface area (Å²) < 4.78 is 0. The van der Waals surface area contributed by atoms with Gasteiger partial charge in [-0.05, 0) is 23.1 Å². The number of likely N-dealkylation sites (N-methyl/N-ethyl adjacent to an activating group) is 1. The molecule has 7 heteroatoms. The van der Waals surface area contributed by atoms with Crippen molar-refractivity contribution in [1.29, 1.82) is 0 Å². The van der Waals surface area contributed by atoms with E-state index in [2.05, 4.69) is 10.3 Å². The molecule has 0 aliphatic rings. The van der Waals surface area contributed by atoms with Crippen LogP contribution in [0.2, 0.25) is 0 Å². The van der Waals surface area contributed by atoms with Crippen molar-refractivity contribution in [2.75, 3.05) is 14.2 Å². The minimum Gasteiger partial charge on any atom is -0.361 e. The van der Waals surface area contributed by atoms with Gasteiger partial charge in [-0.25, -0.2) is 5.06 Å². The van der Waals surface area contributed by atoms with Gasteiger partial charge in [-0.1, -0.05) is 24.3 Å². The lowest BCUT2D eigenvalue weighted by Crippen LogP contribution is -2.48. The number of benzene rings is 1. The number of rotatable bonds is 6. The van der Waals surface area contributed by atoms with Crippen LogP contribution in [0.4, 0.5) is 0 Å². The van der Waals surface area contributed by atoms with Crippen LogP contribution >= 0.6 is 11.3 Å². The summed E-state index contributed by atoms with van der Waals surface area (Å²) >= 11 is 1.34. The smallest absolute Gasteiger partial charge is 0.268 e. The minimum atomic E-state index is -0.723. The quantitative estimate of drug-likeness (QED) is 0.666. The van der Waals surface area contributed by atoms with Gasteiger partial charge in [0.25, 0.3) is 11.8 Å². The zero-order valence-electron chi connectivity index (χ0n) is 14.0. The molecule has 1 unspecified atom stereocenters. The standard InChI is InChI=1S/C18H19N3O3S/c1-21(24-2)18(23)15(20-17(22)16-8-5-9-25-16)10-12-11-19-14-7-4-3-6-13(12)14/h3-9,11,15,19H,10H2,1-2H3,(H,20,22). The normalized spacial score (nSPS) is 12.1. The fourth-order valence-corrected chi connectivity index (χ4v) is 3.29. The summed E-state index contributed by atoms with van der Waals surface area (Å²) in [6, 6.07) is 10.7. The number of aromatic amines is 1. The summed E-state index contributed by atoms with van der Waals surface area (Å²) in [5, 5.41) is 6.82. The lowest BCUT2D eigenvalue weighted by molar-refractivity contribution is -0.170. The van der Waals surface area contributed by atoms with E-state index in [0.717, 1.165) is 21.5 Å². The third-order valence-electron chi connectivity index (χ3n) is 4.03. The van der Waals surface area contributed by atoms with Crippen molar-refractivity contribution >= 4 is 34.1 Å². The van der Waals surface area contributed by atoms with E-state index in [1.165, 1.54) is 25.5 Å². The van der Waals surface area contributed by atoms with Crippen LogP contribution in [0.3, 0.4) is 0 Å². The molecule has 0 spiro atoms. The van der Waals surface area contributed by atoms with Crippen LogP contribution in [0.25, 0.3) is 10.9 Å². The number of H-pyrrole nitrogens is 1. The van der Waals surface area contributed by atoms with Crippen LogP contribution in [-0.2, 0) is 16.1 Å². The Bertz CT molecular complexity index is 873. The van der Waals surface area contributed by atoms with Crippen LogP contribution in [0.15, 0.2) is 48.0 Å². The molecule has 0 fully saturated rings. The Labute approximate surface area is 149 Å². The van der Waals surface area contributed by atoms with Crippen molar-refractivity contribution in [2.24, 2.45) is 0 Å². The number of fused-ring (bicyclic) bond motifs is 1. The Hall–Kier alpha value is -2.64. The molecule has 130 valence electrons.